The van der Waals surface area contributed by atoms with Crippen LogP contribution in [0.3, 0.4) is 0 Å². The number of para-hydroxylation sites is 2. The maximum atomic E-state index is 12.0. The molecule has 1 N–H and O–H groups in total. The van der Waals surface area contributed by atoms with Gasteiger partial charge in [-0.3, -0.25) is 19.9 Å². The molecule has 0 saturated carbocycles. The molecule has 0 aliphatic rings. The lowest BCUT2D eigenvalue weighted by Gasteiger charge is -2.03. The summed E-state index contributed by atoms with van der Waals surface area (Å²) in [7, 11) is 0. The first-order valence-corrected chi connectivity index (χ1v) is 7.21. The fourth-order valence-electron chi connectivity index (χ4n) is 2.28. The zero-order valence-electron chi connectivity index (χ0n) is 12.5. The average molecular weight is 319 g/mol. The van der Waals surface area contributed by atoms with Crippen LogP contribution in [-0.2, 0) is 4.79 Å². The van der Waals surface area contributed by atoms with Crippen molar-refractivity contribution in [2.24, 2.45) is 0 Å². The lowest BCUT2D eigenvalue weighted by Crippen LogP contribution is -2.08. The van der Waals surface area contributed by atoms with Crippen LogP contribution in [0.2, 0.25) is 0 Å². The monoisotopic (exact) mass is 319 g/mol. The largest absolute Gasteiger partial charge is 0.321 e. The van der Waals surface area contributed by atoms with E-state index >= 15 is 0 Å². The van der Waals surface area contributed by atoms with Crippen molar-refractivity contribution in [3.05, 3.63) is 82.5 Å². The summed E-state index contributed by atoms with van der Waals surface area (Å²) in [5, 5.41) is 14.6. The number of amides is 1. The summed E-state index contributed by atoms with van der Waals surface area (Å²) >= 11 is 0. The van der Waals surface area contributed by atoms with E-state index in [4.69, 9.17) is 0 Å². The number of hydrogen-bond donors (Lipinski definition) is 1. The zero-order chi connectivity index (χ0) is 16.9. The molecule has 0 aliphatic heterocycles. The van der Waals surface area contributed by atoms with Gasteiger partial charge in [-0.15, -0.1) is 0 Å². The summed E-state index contributed by atoms with van der Waals surface area (Å²) in [6.45, 7) is 0. The molecule has 0 spiro atoms. The minimum Gasteiger partial charge on any atom is -0.321 e. The molecule has 1 aromatic heterocycles. The second kappa shape index (κ2) is 6.70. The summed E-state index contributed by atoms with van der Waals surface area (Å²) in [6.07, 6.45) is 4.25. The second-order valence-corrected chi connectivity index (χ2v) is 5.06. The SMILES string of the molecule is O=C(/C=C/c1ccccc1[N+](=O)[O-])Nc1cnc2ccccc2c1. The summed E-state index contributed by atoms with van der Waals surface area (Å²) in [4.78, 5) is 26.7. The van der Waals surface area contributed by atoms with Crippen LogP contribution >= 0.6 is 0 Å². The Hall–Kier alpha value is -3.54. The fraction of sp³-hybridized carbons (Fsp3) is 0. The number of aromatic nitrogens is 1. The molecule has 0 aliphatic carbocycles. The Morgan fingerprint density at radius 3 is 2.71 bits per heavy atom. The maximum absolute atomic E-state index is 12.0. The van der Waals surface area contributed by atoms with Crippen LogP contribution in [0.5, 0.6) is 0 Å². The number of carbonyl (C=O) groups excluding carboxylic acids is 1. The number of rotatable bonds is 4. The van der Waals surface area contributed by atoms with Gasteiger partial charge in [0.15, 0.2) is 0 Å². The molecule has 24 heavy (non-hydrogen) atoms. The second-order valence-electron chi connectivity index (χ2n) is 5.06. The molecule has 0 saturated heterocycles. The van der Waals surface area contributed by atoms with Crippen molar-refractivity contribution in [2.75, 3.05) is 5.32 Å². The van der Waals surface area contributed by atoms with Crippen LogP contribution in [0.1, 0.15) is 5.56 Å². The lowest BCUT2D eigenvalue weighted by atomic mass is 10.1. The van der Waals surface area contributed by atoms with Gasteiger partial charge in [-0.05, 0) is 24.3 Å². The van der Waals surface area contributed by atoms with Gasteiger partial charge in [0, 0.05) is 17.5 Å². The van der Waals surface area contributed by atoms with Crippen LogP contribution < -0.4 is 5.32 Å². The van der Waals surface area contributed by atoms with Crippen LogP contribution in [0.4, 0.5) is 11.4 Å². The van der Waals surface area contributed by atoms with Crippen molar-refractivity contribution in [1.82, 2.24) is 4.98 Å². The van der Waals surface area contributed by atoms with E-state index < -0.39 is 4.92 Å². The molecule has 3 aromatic rings. The Morgan fingerprint density at radius 2 is 1.88 bits per heavy atom. The topological polar surface area (TPSA) is 85.1 Å². The number of carbonyl (C=O) groups is 1. The van der Waals surface area contributed by atoms with Gasteiger partial charge in [-0.25, -0.2) is 0 Å². The fourth-order valence-corrected chi connectivity index (χ4v) is 2.28. The highest BCUT2D eigenvalue weighted by Gasteiger charge is 2.09. The Morgan fingerprint density at radius 1 is 1.12 bits per heavy atom. The van der Waals surface area contributed by atoms with Crippen molar-refractivity contribution < 1.29 is 9.72 Å². The van der Waals surface area contributed by atoms with Crippen LogP contribution in [0.25, 0.3) is 17.0 Å². The van der Waals surface area contributed by atoms with Crippen molar-refractivity contribution in [3.8, 4) is 0 Å². The summed E-state index contributed by atoms with van der Waals surface area (Å²) in [5.41, 5.74) is 1.72. The van der Waals surface area contributed by atoms with E-state index in [2.05, 4.69) is 10.3 Å². The van der Waals surface area contributed by atoms with Gasteiger partial charge in [-0.1, -0.05) is 30.3 Å². The highest BCUT2D eigenvalue weighted by molar-refractivity contribution is 6.02. The van der Waals surface area contributed by atoms with Crippen LogP contribution in [-0.4, -0.2) is 15.8 Å². The van der Waals surface area contributed by atoms with Gasteiger partial charge in [0.1, 0.15) is 0 Å². The minimum atomic E-state index is -0.481. The molecular weight excluding hydrogens is 306 g/mol. The third-order valence-corrected chi connectivity index (χ3v) is 3.41. The first-order valence-electron chi connectivity index (χ1n) is 7.21. The standard InChI is InChI=1S/C18H13N3O3/c22-18(10-9-13-5-2-4-8-17(13)21(23)24)20-15-11-14-6-1-3-7-16(14)19-12-15/h1-12H,(H,20,22)/b10-9+. The Labute approximate surface area is 137 Å². The third kappa shape index (κ3) is 3.44. The smallest absolute Gasteiger partial charge is 0.276 e. The number of hydrogen-bond acceptors (Lipinski definition) is 4. The van der Waals surface area contributed by atoms with Crippen molar-refractivity contribution >= 4 is 34.3 Å². The first kappa shape index (κ1) is 15.4. The Balaban J connectivity index is 1.76. The number of pyridine rings is 1. The van der Waals surface area contributed by atoms with Crippen LogP contribution in [0, 0.1) is 10.1 Å². The van der Waals surface area contributed by atoms with E-state index in [0.29, 0.717) is 11.3 Å². The molecule has 1 amide bonds. The number of nitro benzene ring substituents is 1. The lowest BCUT2D eigenvalue weighted by molar-refractivity contribution is -0.385. The number of nitrogens with zero attached hydrogens (tertiary/aromatic N) is 2. The van der Waals surface area contributed by atoms with Crippen LogP contribution in [0.15, 0.2) is 66.9 Å². The third-order valence-electron chi connectivity index (χ3n) is 3.41. The van der Waals surface area contributed by atoms with E-state index in [1.165, 1.54) is 18.2 Å². The summed E-state index contributed by atoms with van der Waals surface area (Å²) in [6, 6.07) is 15.6. The number of anilines is 1. The van der Waals surface area contributed by atoms with Crippen molar-refractivity contribution in [2.45, 2.75) is 0 Å². The predicted molar refractivity (Wildman–Crippen MR) is 92.5 cm³/mol. The van der Waals surface area contributed by atoms with E-state index in [-0.39, 0.29) is 11.6 Å². The number of nitro groups is 1. The van der Waals surface area contributed by atoms with Gasteiger partial charge >= 0.3 is 0 Å². The molecule has 6 nitrogen and oxygen atoms in total. The van der Waals surface area contributed by atoms with Gasteiger partial charge in [0.2, 0.25) is 5.91 Å². The van der Waals surface area contributed by atoms with Crippen molar-refractivity contribution in [1.29, 1.82) is 0 Å². The number of fused-ring (bicyclic) bond motifs is 1. The zero-order valence-corrected chi connectivity index (χ0v) is 12.5. The normalized spacial score (nSPS) is 10.8. The van der Waals surface area contributed by atoms with E-state index in [9.17, 15) is 14.9 Å². The highest BCUT2D eigenvalue weighted by Crippen LogP contribution is 2.19. The molecule has 2 aromatic carbocycles. The molecular formula is C18H13N3O3. The molecule has 6 heteroatoms. The maximum Gasteiger partial charge on any atom is 0.276 e. The number of benzene rings is 2. The molecule has 0 radical (unpaired) electrons. The summed E-state index contributed by atoms with van der Waals surface area (Å²) < 4.78 is 0. The quantitative estimate of drug-likeness (QED) is 0.450. The van der Waals surface area contributed by atoms with Crippen molar-refractivity contribution in [3.63, 3.8) is 0 Å². The van der Waals surface area contributed by atoms with E-state index in [1.807, 2.05) is 30.3 Å². The molecule has 0 bridgehead atoms. The number of nitrogens with one attached hydrogen (secondary N) is 1. The molecule has 3 rings (SSSR count). The Bertz CT molecular complexity index is 951. The Kier molecular flexibility index (Phi) is 4.29. The highest BCUT2D eigenvalue weighted by atomic mass is 16.6. The van der Waals surface area contributed by atoms with E-state index in [1.54, 1.807) is 24.4 Å². The minimum absolute atomic E-state index is 0.0473. The van der Waals surface area contributed by atoms with Gasteiger partial charge in [-0.2, -0.15) is 0 Å². The molecule has 1 heterocycles. The predicted octanol–water partition coefficient (Wildman–Crippen LogP) is 3.79. The summed E-state index contributed by atoms with van der Waals surface area (Å²) in [5.74, 6) is -0.384. The van der Waals surface area contributed by atoms with Gasteiger partial charge < -0.3 is 5.32 Å². The molecule has 0 atom stereocenters. The average Bonchev–Trinajstić information content (AvgIpc) is 2.60. The molecule has 0 unspecified atom stereocenters. The molecule has 118 valence electrons. The van der Waals surface area contributed by atoms with Gasteiger partial charge in [0.25, 0.3) is 5.69 Å². The molecule has 0 fully saturated rings. The van der Waals surface area contributed by atoms with E-state index in [0.717, 1.165) is 10.9 Å². The first-order chi connectivity index (χ1) is 11.6. The van der Waals surface area contributed by atoms with Gasteiger partial charge in [0.05, 0.1) is 27.9 Å².